The van der Waals surface area contributed by atoms with Gasteiger partial charge in [-0.05, 0) is 77.0 Å². The Kier molecular flexibility index (Phi) is 69.4. The van der Waals surface area contributed by atoms with E-state index in [1.54, 1.807) is 0 Å². The summed E-state index contributed by atoms with van der Waals surface area (Å²) >= 11 is 0. The number of hydrogen-bond donors (Lipinski definition) is 2. The number of phosphoric ester groups is 1. The number of esters is 2. The zero-order chi connectivity index (χ0) is 61.6. The van der Waals surface area contributed by atoms with Crippen LogP contribution in [0.2, 0.25) is 0 Å². The molecule has 0 radical (unpaired) electrons. The molecule has 0 bridgehead atoms. The summed E-state index contributed by atoms with van der Waals surface area (Å²) in [6, 6.07) is 0. The maximum atomic E-state index is 12.8. The van der Waals surface area contributed by atoms with Crippen molar-refractivity contribution in [2.24, 2.45) is 5.73 Å². The highest BCUT2D eigenvalue weighted by atomic mass is 31.2. The molecule has 10 heteroatoms. The van der Waals surface area contributed by atoms with Crippen molar-refractivity contribution in [1.29, 1.82) is 0 Å². The summed E-state index contributed by atoms with van der Waals surface area (Å²) in [5.41, 5.74) is 5.41. The molecule has 0 spiro atoms. The van der Waals surface area contributed by atoms with E-state index in [9.17, 15) is 19.0 Å². The predicted octanol–water partition coefficient (Wildman–Crippen LogP) is 24.4. The van der Waals surface area contributed by atoms with Gasteiger partial charge in [0, 0.05) is 19.4 Å². The third-order valence-electron chi connectivity index (χ3n) is 16.7. The highest BCUT2D eigenvalue weighted by molar-refractivity contribution is 7.47. The molecular formula is C75H142NO8P. The predicted molar refractivity (Wildman–Crippen MR) is 367 cm³/mol. The second-order valence-electron chi connectivity index (χ2n) is 25.2. The van der Waals surface area contributed by atoms with E-state index in [-0.39, 0.29) is 38.6 Å². The van der Waals surface area contributed by atoms with E-state index >= 15 is 0 Å². The van der Waals surface area contributed by atoms with E-state index in [4.69, 9.17) is 24.3 Å². The Hall–Kier alpha value is -2.03. The fourth-order valence-corrected chi connectivity index (χ4v) is 11.9. The van der Waals surface area contributed by atoms with Crippen molar-refractivity contribution < 1.29 is 37.6 Å². The van der Waals surface area contributed by atoms with Gasteiger partial charge in [0.1, 0.15) is 6.61 Å². The van der Waals surface area contributed by atoms with Crippen LogP contribution in [0.15, 0.2) is 48.6 Å². The fraction of sp³-hybridized carbons (Fsp3) is 0.867. The molecule has 0 aliphatic carbocycles. The molecule has 0 saturated heterocycles. The third kappa shape index (κ3) is 70.9. The molecule has 2 unspecified atom stereocenters. The number of rotatable bonds is 71. The summed E-state index contributed by atoms with van der Waals surface area (Å²) < 4.78 is 33.2. The van der Waals surface area contributed by atoms with Crippen LogP contribution in [0.4, 0.5) is 0 Å². The van der Waals surface area contributed by atoms with E-state index in [1.165, 1.54) is 308 Å². The van der Waals surface area contributed by atoms with Gasteiger partial charge >= 0.3 is 19.8 Å². The highest BCUT2D eigenvalue weighted by Crippen LogP contribution is 2.43. The van der Waals surface area contributed by atoms with Gasteiger partial charge in [-0.1, -0.05) is 345 Å². The molecule has 3 N–H and O–H groups in total. The second kappa shape index (κ2) is 71.1. The van der Waals surface area contributed by atoms with Crippen LogP contribution < -0.4 is 5.73 Å². The SMILES string of the molecule is CCCCCCC/C=C\C/C=C\CCCCCCCCCCCCCCCCCCCCCCCCCCCC(=O)OC(COC(=O)CCCCCCCCCCCCCCCCC/C=C\C/C=C\CCCCCCC)COP(=O)(O)OCCN. The quantitative estimate of drug-likeness (QED) is 0.0264. The first-order chi connectivity index (χ1) is 41.8. The minimum absolute atomic E-state index is 0.0554. The van der Waals surface area contributed by atoms with E-state index < -0.39 is 26.5 Å². The Balaban J connectivity index is 3.78. The normalized spacial score (nSPS) is 13.1. The molecule has 0 aromatic carbocycles. The summed E-state index contributed by atoms with van der Waals surface area (Å²) in [5.74, 6) is -0.806. The molecule has 0 aliphatic heterocycles. The van der Waals surface area contributed by atoms with Crippen molar-refractivity contribution in [1.82, 2.24) is 0 Å². The number of unbranched alkanes of at least 4 members (excludes halogenated alkanes) is 50. The molecular weight excluding hydrogens is 1070 g/mol. The van der Waals surface area contributed by atoms with Gasteiger partial charge in [0.2, 0.25) is 0 Å². The smallest absolute Gasteiger partial charge is 0.462 e. The molecule has 0 saturated carbocycles. The molecule has 0 heterocycles. The van der Waals surface area contributed by atoms with Crippen LogP contribution in [-0.4, -0.2) is 49.3 Å². The summed E-state index contributed by atoms with van der Waals surface area (Å²) in [6.45, 7) is 3.79. The monoisotopic (exact) mass is 1220 g/mol. The Morgan fingerprint density at radius 2 is 0.612 bits per heavy atom. The van der Waals surface area contributed by atoms with Crippen molar-refractivity contribution in [3.8, 4) is 0 Å². The average molecular weight is 1220 g/mol. The van der Waals surface area contributed by atoms with Gasteiger partial charge < -0.3 is 20.1 Å². The lowest BCUT2D eigenvalue weighted by atomic mass is 10.0. The van der Waals surface area contributed by atoms with E-state index in [2.05, 4.69) is 62.5 Å². The lowest BCUT2D eigenvalue weighted by Crippen LogP contribution is -2.29. The van der Waals surface area contributed by atoms with Gasteiger partial charge in [-0.3, -0.25) is 18.6 Å². The van der Waals surface area contributed by atoms with Crippen molar-refractivity contribution in [2.45, 2.75) is 392 Å². The van der Waals surface area contributed by atoms with Crippen LogP contribution in [0.5, 0.6) is 0 Å². The first kappa shape index (κ1) is 83.0. The van der Waals surface area contributed by atoms with E-state index in [0.717, 1.165) is 44.9 Å². The van der Waals surface area contributed by atoms with Crippen LogP contribution in [0, 0.1) is 0 Å². The number of allylic oxidation sites excluding steroid dienone is 8. The molecule has 0 rings (SSSR count). The Morgan fingerprint density at radius 1 is 0.353 bits per heavy atom. The molecule has 9 nitrogen and oxygen atoms in total. The minimum Gasteiger partial charge on any atom is -0.462 e. The molecule has 500 valence electrons. The number of hydrogen-bond acceptors (Lipinski definition) is 8. The number of phosphoric acid groups is 1. The summed E-state index contributed by atoms with van der Waals surface area (Å²) in [6.07, 6.45) is 90.9. The maximum absolute atomic E-state index is 12.8. The van der Waals surface area contributed by atoms with Gasteiger partial charge in [-0.25, -0.2) is 4.57 Å². The van der Waals surface area contributed by atoms with Crippen LogP contribution in [0.3, 0.4) is 0 Å². The number of carbonyl (C=O) groups excluding carboxylic acids is 2. The number of ether oxygens (including phenoxy) is 2. The molecule has 0 fully saturated rings. The zero-order valence-corrected chi connectivity index (χ0v) is 57.3. The van der Waals surface area contributed by atoms with Crippen molar-refractivity contribution in [3.63, 3.8) is 0 Å². The molecule has 2 atom stereocenters. The second-order valence-corrected chi connectivity index (χ2v) is 26.6. The van der Waals surface area contributed by atoms with Gasteiger partial charge in [-0.15, -0.1) is 0 Å². The minimum atomic E-state index is -4.39. The standard InChI is InChI=1S/C75H142NO8P/c1-3-5-7-9-11-13-15-17-19-21-23-25-27-29-31-32-33-34-35-36-37-38-39-40-42-44-46-48-50-52-54-56-58-60-62-64-66-68-75(78)84-73(72-83-85(79,80)82-70-69-76)71-81-74(77)67-65-63-61-59-57-55-53-51-49-47-45-43-41-30-28-26-24-22-20-18-16-14-12-10-8-6-4-2/h15-18,21-24,73H,3-14,19-20,25-72,76H2,1-2H3,(H,79,80)/b17-15-,18-16-,23-21-,24-22-. The van der Waals surface area contributed by atoms with Crippen LogP contribution in [0.25, 0.3) is 0 Å². The van der Waals surface area contributed by atoms with Crippen LogP contribution in [0.1, 0.15) is 386 Å². The molecule has 0 amide bonds. The van der Waals surface area contributed by atoms with Crippen molar-refractivity contribution in [2.75, 3.05) is 26.4 Å². The van der Waals surface area contributed by atoms with E-state index in [0.29, 0.717) is 6.42 Å². The van der Waals surface area contributed by atoms with Crippen LogP contribution >= 0.6 is 7.82 Å². The van der Waals surface area contributed by atoms with E-state index in [1.807, 2.05) is 0 Å². The summed E-state index contributed by atoms with van der Waals surface area (Å²) in [4.78, 5) is 35.4. The molecule has 85 heavy (non-hydrogen) atoms. The Labute approximate surface area is 527 Å². The third-order valence-corrected chi connectivity index (χ3v) is 17.7. The Morgan fingerprint density at radius 3 is 0.894 bits per heavy atom. The van der Waals surface area contributed by atoms with Crippen molar-refractivity contribution in [3.05, 3.63) is 48.6 Å². The fourth-order valence-electron chi connectivity index (χ4n) is 11.2. The molecule has 0 aliphatic rings. The number of carbonyl (C=O) groups is 2. The maximum Gasteiger partial charge on any atom is 0.472 e. The first-order valence-electron chi connectivity index (χ1n) is 37.1. The van der Waals surface area contributed by atoms with Crippen molar-refractivity contribution >= 4 is 19.8 Å². The van der Waals surface area contributed by atoms with Gasteiger partial charge in [0.05, 0.1) is 13.2 Å². The lowest BCUT2D eigenvalue weighted by molar-refractivity contribution is -0.161. The topological polar surface area (TPSA) is 134 Å². The number of nitrogens with two attached hydrogens (primary N) is 1. The zero-order valence-electron chi connectivity index (χ0n) is 56.4. The molecule has 0 aromatic heterocycles. The highest BCUT2D eigenvalue weighted by Gasteiger charge is 2.26. The van der Waals surface area contributed by atoms with Gasteiger partial charge in [0.25, 0.3) is 0 Å². The Bertz CT molecular complexity index is 1530. The van der Waals surface area contributed by atoms with Crippen LogP contribution in [-0.2, 0) is 32.7 Å². The van der Waals surface area contributed by atoms with Gasteiger partial charge in [-0.2, -0.15) is 0 Å². The van der Waals surface area contributed by atoms with Gasteiger partial charge in [0.15, 0.2) is 6.10 Å². The summed E-state index contributed by atoms with van der Waals surface area (Å²) in [7, 11) is -4.39. The molecule has 0 aromatic rings. The first-order valence-corrected chi connectivity index (χ1v) is 38.6. The summed E-state index contributed by atoms with van der Waals surface area (Å²) in [5, 5.41) is 0. The lowest BCUT2D eigenvalue weighted by Gasteiger charge is -2.19. The largest absolute Gasteiger partial charge is 0.472 e. The average Bonchev–Trinajstić information content (AvgIpc) is 3.52.